The van der Waals surface area contributed by atoms with Crippen LogP contribution in [0.3, 0.4) is 0 Å². The number of carbonyl (C=O) groups excluding carboxylic acids is 1. The lowest BCUT2D eigenvalue weighted by molar-refractivity contribution is -0.137. The van der Waals surface area contributed by atoms with Crippen molar-refractivity contribution in [3.63, 3.8) is 0 Å². The molecule has 0 heterocycles. The largest absolute Gasteiger partial charge is 0.417 e. The summed E-state index contributed by atoms with van der Waals surface area (Å²) in [4.78, 5) is 11.6. The Labute approximate surface area is 95.2 Å². The van der Waals surface area contributed by atoms with Gasteiger partial charge < -0.3 is 0 Å². The van der Waals surface area contributed by atoms with Gasteiger partial charge in [-0.3, -0.25) is 4.79 Å². The fourth-order valence-corrected chi connectivity index (χ4v) is 1.70. The van der Waals surface area contributed by atoms with Gasteiger partial charge in [0.25, 0.3) is 0 Å². The summed E-state index contributed by atoms with van der Waals surface area (Å²) in [6.45, 7) is 0. The number of hydrogen-bond donors (Lipinski definition) is 0. The van der Waals surface area contributed by atoms with Crippen LogP contribution >= 0.6 is 11.6 Å². The van der Waals surface area contributed by atoms with Crippen molar-refractivity contribution in [2.24, 2.45) is 5.92 Å². The summed E-state index contributed by atoms with van der Waals surface area (Å²) >= 11 is 5.51. The quantitative estimate of drug-likeness (QED) is 0.724. The van der Waals surface area contributed by atoms with Crippen LogP contribution in [0.1, 0.15) is 28.8 Å². The maximum atomic E-state index is 12.7. The first kappa shape index (κ1) is 11.5. The van der Waals surface area contributed by atoms with E-state index in [1.54, 1.807) is 0 Å². The van der Waals surface area contributed by atoms with Crippen LogP contribution in [0.4, 0.5) is 13.2 Å². The van der Waals surface area contributed by atoms with Gasteiger partial charge >= 0.3 is 6.18 Å². The summed E-state index contributed by atoms with van der Waals surface area (Å²) in [5.74, 6) is -0.661. The second-order valence-corrected chi connectivity index (χ2v) is 4.26. The minimum atomic E-state index is -4.54. The fourth-order valence-electron chi connectivity index (χ4n) is 1.53. The fraction of sp³-hybridized carbons (Fsp3) is 0.364. The van der Waals surface area contributed by atoms with Gasteiger partial charge in [-0.25, -0.2) is 0 Å². The number of carbonyl (C=O) groups is 1. The molecule has 0 amide bonds. The summed E-state index contributed by atoms with van der Waals surface area (Å²) in [7, 11) is 0. The second kappa shape index (κ2) is 3.77. The molecule has 1 aromatic carbocycles. The summed E-state index contributed by atoms with van der Waals surface area (Å²) < 4.78 is 38.0. The highest BCUT2D eigenvalue weighted by atomic mass is 35.5. The van der Waals surface area contributed by atoms with Gasteiger partial charge in [0.15, 0.2) is 5.78 Å². The molecule has 5 heteroatoms. The van der Waals surface area contributed by atoms with E-state index in [1.165, 1.54) is 6.07 Å². The topological polar surface area (TPSA) is 17.1 Å². The van der Waals surface area contributed by atoms with E-state index in [0.29, 0.717) is 12.8 Å². The van der Waals surface area contributed by atoms with E-state index in [9.17, 15) is 18.0 Å². The maximum Gasteiger partial charge on any atom is 0.417 e. The molecule has 0 aromatic heterocycles. The Bertz CT molecular complexity index is 435. The first-order valence-electron chi connectivity index (χ1n) is 4.80. The number of halogens is 4. The summed E-state index contributed by atoms with van der Waals surface area (Å²) in [6, 6.07) is 3.27. The third-order valence-corrected chi connectivity index (χ3v) is 2.74. The molecule has 1 aliphatic rings. The molecule has 0 radical (unpaired) electrons. The van der Waals surface area contributed by atoms with Crippen LogP contribution in [0.25, 0.3) is 0 Å². The van der Waals surface area contributed by atoms with Gasteiger partial charge in [-0.15, -0.1) is 0 Å². The number of hydrogen-bond acceptors (Lipinski definition) is 1. The molecule has 0 unspecified atom stereocenters. The predicted molar refractivity (Wildman–Crippen MR) is 53.5 cm³/mol. The van der Waals surface area contributed by atoms with E-state index in [4.69, 9.17) is 11.6 Å². The van der Waals surface area contributed by atoms with E-state index in [1.807, 2.05) is 0 Å². The molecule has 2 rings (SSSR count). The number of alkyl halides is 3. The minimum Gasteiger partial charge on any atom is -0.294 e. The molecule has 1 aliphatic carbocycles. The van der Waals surface area contributed by atoms with Gasteiger partial charge in [0.05, 0.1) is 5.56 Å². The number of Topliss-reactive ketones (excluding diaryl/α,β-unsaturated/α-hetero) is 1. The normalized spacial score (nSPS) is 16.2. The molecular formula is C11H8ClF3O. The molecule has 0 atom stereocenters. The van der Waals surface area contributed by atoms with Crippen LogP contribution in [0.2, 0.25) is 5.02 Å². The van der Waals surface area contributed by atoms with Crippen LogP contribution in [0, 0.1) is 5.92 Å². The van der Waals surface area contributed by atoms with Crippen molar-refractivity contribution < 1.29 is 18.0 Å². The number of ketones is 1. The van der Waals surface area contributed by atoms with Gasteiger partial charge in [0.1, 0.15) is 0 Å². The average Bonchev–Trinajstić information content (AvgIpc) is 2.98. The van der Waals surface area contributed by atoms with Crippen molar-refractivity contribution in [2.45, 2.75) is 19.0 Å². The molecule has 86 valence electrons. The first-order chi connectivity index (χ1) is 7.39. The van der Waals surface area contributed by atoms with E-state index >= 15 is 0 Å². The monoisotopic (exact) mass is 248 g/mol. The van der Waals surface area contributed by atoms with Crippen molar-refractivity contribution in [3.05, 3.63) is 34.3 Å². The van der Waals surface area contributed by atoms with Crippen LogP contribution in [-0.2, 0) is 6.18 Å². The second-order valence-electron chi connectivity index (χ2n) is 3.83. The van der Waals surface area contributed by atoms with Crippen LogP contribution in [0.15, 0.2) is 18.2 Å². The van der Waals surface area contributed by atoms with E-state index in [2.05, 4.69) is 0 Å². The van der Waals surface area contributed by atoms with Gasteiger partial charge in [-0.2, -0.15) is 13.2 Å². The average molecular weight is 249 g/mol. The SMILES string of the molecule is O=C(c1ccc(Cl)cc1C(F)(F)F)C1CC1. The Morgan fingerprint density at radius 3 is 2.44 bits per heavy atom. The summed E-state index contributed by atoms with van der Waals surface area (Å²) in [5, 5.41) is -0.0142. The smallest absolute Gasteiger partial charge is 0.294 e. The van der Waals surface area contributed by atoms with Gasteiger partial charge in [0, 0.05) is 16.5 Å². The maximum absolute atomic E-state index is 12.7. The Kier molecular flexibility index (Phi) is 2.70. The van der Waals surface area contributed by atoms with Gasteiger partial charge in [-0.1, -0.05) is 11.6 Å². The molecule has 1 fully saturated rings. The zero-order chi connectivity index (χ0) is 11.9. The van der Waals surface area contributed by atoms with Crippen LogP contribution in [-0.4, -0.2) is 5.78 Å². The minimum absolute atomic E-state index is 0.0142. The molecule has 0 aliphatic heterocycles. The molecule has 0 spiro atoms. The predicted octanol–water partition coefficient (Wildman–Crippen LogP) is 3.95. The lowest BCUT2D eigenvalue weighted by atomic mass is 10.0. The molecule has 1 saturated carbocycles. The molecule has 16 heavy (non-hydrogen) atoms. The highest BCUT2D eigenvalue weighted by Gasteiger charge is 2.39. The highest BCUT2D eigenvalue weighted by Crippen LogP contribution is 2.39. The first-order valence-corrected chi connectivity index (χ1v) is 5.18. The lowest BCUT2D eigenvalue weighted by Gasteiger charge is -2.12. The summed E-state index contributed by atoms with van der Waals surface area (Å²) in [6.07, 6.45) is -3.18. The number of benzene rings is 1. The Balaban J connectivity index is 2.47. The van der Waals surface area contributed by atoms with Crippen molar-refractivity contribution in [1.82, 2.24) is 0 Å². The van der Waals surface area contributed by atoms with Crippen LogP contribution < -0.4 is 0 Å². The third kappa shape index (κ3) is 2.21. The molecule has 1 nitrogen and oxygen atoms in total. The molecule has 0 N–H and O–H groups in total. The van der Waals surface area contributed by atoms with Crippen molar-refractivity contribution in [3.8, 4) is 0 Å². The van der Waals surface area contributed by atoms with Crippen LogP contribution in [0.5, 0.6) is 0 Å². The molecule has 1 aromatic rings. The third-order valence-electron chi connectivity index (χ3n) is 2.50. The standard InChI is InChI=1S/C11H8ClF3O/c12-7-3-4-8(10(16)6-1-2-6)9(5-7)11(13,14)15/h3-6H,1-2H2. The Morgan fingerprint density at radius 2 is 1.94 bits per heavy atom. The van der Waals surface area contributed by atoms with Gasteiger partial charge in [0.2, 0.25) is 0 Å². The van der Waals surface area contributed by atoms with Crippen molar-refractivity contribution in [1.29, 1.82) is 0 Å². The lowest BCUT2D eigenvalue weighted by Crippen LogP contribution is -2.14. The van der Waals surface area contributed by atoms with Crippen molar-refractivity contribution in [2.75, 3.05) is 0 Å². The highest BCUT2D eigenvalue weighted by molar-refractivity contribution is 6.30. The van der Waals surface area contributed by atoms with E-state index < -0.39 is 17.5 Å². The molecule has 0 saturated heterocycles. The molecular weight excluding hydrogens is 241 g/mol. The van der Waals surface area contributed by atoms with E-state index in [0.717, 1.165) is 12.1 Å². The number of rotatable bonds is 2. The van der Waals surface area contributed by atoms with Crippen molar-refractivity contribution >= 4 is 17.4 Å². The zero-order valence-electron chi connectivity index (χ0n) is 8.14. The summed E-state index contributed by atoms with van der Waals surface area (Å²) in [5.41, 5.74) is -1.20. The Hall–Kier alpha value is -1.03. The van der Waals surface area contributed by atoms with Gasteiger partial charge in [-0.05, 0) is 31.0 Å². The zero-order valence-corrected chi connectivity index (χ0v) is 8.90. The Morgan fingerprint density at radius 1 is 1.31 bits per heavy atom. The molecule has 0 bridgehead atoms. The van der Waals surface area contributed by atoms with E-state index in [-0.39, 0.29) is 16.5 Å².